The largest absolute Gasteiger partial charge is 0.496 e. The lowest BCUT2D eigenvalue weighted by Crippen LogP contribution is -2.01. The summed E-state index contributed by atoms with van der Waals surface area (Å²) in [6.45, 7) is 3.88. The molecule has 3 nitrogen and oxygen atoms in total. The summed E-state index contributed by atoms with van der Waals surface area (Å²) >= 11 is 0. The zero-order chi connectivity index (χ0) is 12.1. The first-order valence-corrected chi connectivity index (χ1v) is 5.30. The van der Waals surface area contributed by atoms with Gasteiger partial charge in [0.05, 0.1) is 19.3 Å². The number of hydrogen-bond donors (Lipinski definition) is 1. The molecule has 0 saturated heterocycles. The monoisotopic (exact) mass is 219 g/mol. The third kappa shape index (κ3) is 2.74. The number of aliphatic hydroxyl groups excluding tert-OH is 1. The Kier molecular flexibility index (Phi) is 4.33. The van der Waals surface area contributed by atoms with Gasteiger partial charge in [-0.25, -0.2) is 0 Å². The number of aryl methyl sites for hydroxylation is 2. The van der Waals surface area contributed by atoms with Gasteiger partial charge in [-0.2, -0.15) is 5.26 Å². The molecule has 1 N–H and O–H groups in total. The van der Waals surface area contributed by atoms with Gasteiger partial charge in [-0.1, -0.05) is 0 Å². The van der Waals surface area contributed by atoms with Crippen molar-refractivity contribution in [3.05, 3.63) is 28.8 Å². The van der Waals surface area contributed by atoms with Crippen LogP contribution in [0.5, 0.6) is 5.75 Å². The molecule has 0 aliphatic rings. The summed E-state index contributed by atoms with van der Waals surface area (Å²) < 4.78 is 5.21. The number of ether oxygens (including phenoxy) is 1. The van der Waals surface area contributed by atoms with Crippen LogP contribution in [0.3, 0.4) is 0 Å². The number of nitrogens with zero attached hydrogens (tertiary/aromatic N) is 1. The molecular formula is C13H17NO2. The van der Waals surface area contributed by atoms with Crippen molar-refractivity contribution >= 4 is 0 Å². The molecule has 0 aromatic heterocycles. The van der Waals surface area contributed by atoms with Gasteiger partial charge in [0.15, 0.2) is 0 Å². The fourth-order valence-corrected chi connectivity index (χ4v) is 1.75. The molecule has 0 saturated carbocycles. The maximum Gasteiger partial charge on any atom is 0.122 e. The van der Waals surface area contributed by atoms with Gasteiger partial charge < -0.3 is 9.84 Å². The molecular weight excluding hydrogens is 202 g/mol. The molecule has 86 valence electrons. The van der Waals surface area contributed by atoms with E-state index in [1.807, 2.05) is 32.0 Å². The van der Waals surface area contributed by atoms with Crippen LogP contribution < -0.4 is 4.74 Å². The maximum absolute atomic E-state index is 9.93. The fourth-order valence-electron chi connectivity index (χ4n) is 1.75. The molecule has 1 aromatic rings. The number of hydrogen-bond acceptors (Lipinski definition) is 3. The first-order valence-electron chi connectivity index (χ1n) is 5.30. The van der Waals surface area contributed by atoms with Gasteiger partial charge in [0, 0.05) is 6.42 Å². The summed E-state index contributed by atoms with van der Waals surface area (Å²) in [5.41, 5.74) is 2.88. The lowest BCUT2D eigenvalue weighted by atomic mass is 9.97. The number of aliphatic hydroxyl groups is 1. The average molecular weight is 219 g/mol. The molecule has 0 amide bonds. The van der Waals surface area contributed by atoms with Gasteiger partial charge in [0.1, 0.15) is 5.75 Å². The minimum atomic E-state index is -0.566. The van der Waals surface area contributed by atoms with Crippen LogP contribution >= 0.6 is 0 Å². The average Bonchev–Trinajstić information content (AvgIpc) is 2.28. The number of methoxy groups -OCH3 is 1. The van der Waals surface area contributed by atoms with E-state index in [4.69, 9.17) is 10.00 Å². The molecule has 0 heterocycles. The summed E-state index contributed by atoms with van der Waals surface area (Å²) in [5.74, 6) is 0.828. The van der Waals surface area contributed by atoms with Gasteiger partial charge in [0.2, 0.25) is 0 Å². The third-order valence-corrected chi connectivity index (χ3v) is 2.67. The molecule has 0 aliphatic carbocycles. The first kappa shape index (κ1) is 12.5. The summed E-state index contributed by atoms with van der Waals surface area (Å²) in [5, 5.41) is 18.4. The molecule has 1 aromatic carbocycles. The smallest absolute Gasteiger partial charge is 0.122 e. The van der Waals surface area contributed by atoms with Crippen LogP contribution in [0.4, 0.5) is 0 Å². The van der Waals surface area contributed by atoms with Crippen molar-refractivity contribution in [2.45, 2.75) is 32.8 Å². The van der Waals surface area contributed by atoms with Gasteiger partial charge in [0.25, 0.3) is 0 Å². The zero-order valence-electron chi connectivity index (χ0n) is 9.95. The fraction of sp³-hybridized carbons (Fsp3) is 0.462. The third-order valence-electron chi connectivity index (χ3n) is 2.67. The number of benzene rings is 1. The molecule has 0 spiro atoms. The Bertz CT molecular complexity index is 407. The normalized spacial score (nSPS) is 11.9. The molecule has 0 fully saturated rings. The number of nitriles is 1. The Labute approximate surface area is 96.3 Å². The Morgan fingerprint density at radius 1 is 1.38 bits per heavy atom. The first-order chi connectivity index (χ1) is 7.60. The molecule has 16 heavy (non-hydrogen) atoms. The number of rotatable bonds is 4. The highest BCUT2D eigenvalue weighted by Crippen LogP contribution is 2.28. The van der Waals surface area contributed by atoms with Crippen LogP contribution in [0.15, 0.2) is 12.1 Å². The van der Waals surface area contributed by atoms with E-state index in [1.165, 1.54) is 0 Å². The van der Waals surface area contributed by atoms with Crippen LogP contribution in [-0.4, -0.2) is 12.2 Å². The van der Waals surface area contributed by atoms with Crippen LogP contribution in [0.25, 0.3) is 0 Å². The highest BCUT2D eigenvalue weighted by molar-refractivity contribution is 5.42. The summed E-state index contributed by atoms with van der Waals surface area (Å²) in [7, 11) is 1.63. The lowest BCUT2D eigenvalue weighted by molar-refractivity contribution is 0.168. The highest BCUT2D eigenvalue weighted by atomic mass is 16.5. The van der Waals surface area contributed by atoms with E-state index >= 15 is 0 Å². The lowest BCUT2D eigenvalue weighted by Gasteiger charge is -2.15. The van der Waals surface area contributed by atoms with E-state index in [1.54, 1.807) is 7.11 Å². The van der Waals surface area contributed by atoms with Gasteiger partial charge >= 0.3 is 0 Å². The maximum atomic E-state index is 9.93. The summed E-state index contributed by atoms with van der Waals surface area (Å²) in [6, 6.07) is 5.88. The van der Waals surface area contributed by atoms with E-state index in [-0.39, 0.29) is 0 Å². The van der Waals surface area contributed by atoms with Crippen molar-refractivity contribution in [1.82, 2.24) is 0 Å². The van der Waals surface area contributed by atoms with E-state index in [0.717, 1.165) is 22.4 Å². The van der Waals surface area contributed by atoms with Gasteiger partial charge in [-0.15, -0.1) is 0 Å². The van der Waals surface area contributed by atoms with E-state index in [9.17, 15) is 5.11 Å². The summed E-state index contributed by atoms with van der Waals surface area (Å²) in [6.07, 6.45) is 0.277. The minimum Gasteiger partial charge on any atom is -0.496 e. The molecule has 1 rings (SSSR count). The molecule has 0 bridgehead atoms. The van der Waals surface area contributed by atoms with E-state index in [0.29, 0.717) is 12.8 Å². The van der Waals surface area contributed by atoms with Gasteiger partial charge in [-0.3, -0.25) is 0 Å². The van der Waals surface area contributed by atoms with Crippen LogP contribution in [0, 0.1) is 25.2 Å². The standard InChI is InChI=1S/C13H17NO2/c1-9-8-13(16-3)10(2)7-11(9)12(15)5-4-6-14/h7-8,12,15H,4-5H2,1-3H3. The predicted octanol–water partition coefficient (Wildman–Crippen LogP) is 2.65. The molecule has 1 unspecified atom stereocenters. The molecule has 3 heteroatoms. The topological polar surface area (TPSA) is 53.2 Å². The van der Waals surface area contributed by atoms with Crippen LogP contribution in [-0.2, 0) is 0 Å². The highest BCUT2D eigenvalue weighted by Gasteiger charge is 2.12. The zero-order valence-corrected chi connectivity index (χ0v) is 9.95. The van der Waals surface area contributed by atoms with Crippen molar-refractivity contribution in [1.29, 1.82) is 5.26 Å². The second-order valence-electron chi connectivity index (χ2n) is 3.89. The van der Waals surface area contributed by atoms with Crippen LogP contribution in [0.1, 0.15) is 35.6 Å². The van der Waals surface area contributed by atoms with E-state index in [2.05, 4.69) is 0 Å². The van der Waals surface area contributed by atoms with Crippen molar-refractivity contribution in [2.24, 2.45) is 0 Å². The predicted molar refractivity (Wildman–Crippen MR) is 62.3 cm³/mol. The summed E-state index contributed by atoms with van der Waals surface area (Å²) in [4.78, 5) is 0. The Morgan fingerprint density at radius 2 is 2.06 bits per heavy atom. The Morgan fingerprint density at radius 3 is 2.62 bits per heavy atom. The minimum absolute atomic E-state index is 0.367. The van der Waals surface area contributed by atoms with Crippen molar-refractivity contribution in [2.75, 3.05) is 7.11 Å². The second kappa shape index (κ2) is 5.53. The Balaban J connectivity index is 2.97. The SMILES string of the molecule is COc1cc(C)c(C(O)CCC#N)cc1C. The van der Waals surface area contributed by atoms with Crippen molar-refractivity contribution < 1.29 is 9.84 Å². The van der Waals surface area contributed by atoms with Crippen molar-refractivity contribution in [3.63, 3.8) is 0 Å². The van der Waals surface area contributed by atoms with Crippen LogP contribution in [0.2, 0.25) is 0 Å². The quantitative estimate of drug-likeness (QED) is 0.847. The van der Waals surface area contributed by atoms with E-state index < -0.39 is 6.10 Å². The van der Waals surface area contributed by atoms with Crippen molar-refractivity contribution in [3.8, 4) is 11.8 Å². The second-order valence-corrected chi connectivity index (χ2v) is 3.89. The Hall–Kier alpha value is -1.53. The van der Waals surface area contributed by atoms with Gasteiger partial charge in [-0.05, 0) is 49.1 Å². The molecule has 1 atom stereocenters. The molecule has 0 radical (unpaired) electrons. The molecule has 0 aliphatic heterocycles.